The maximum atomic E-state index is 12.3. The Hall–Kier alpha value is -1.76. The molecule has 0 radical (unpaired) electrons. The number of rotatable bonds is 7. The third-order valence-electron chi connectivity index (χ3n) is 3.90. The summed E-state index contributed by atoms with van der Waals surface area (Å²) in [6, 6.07) is 7.03. The van der Waals surface area contributed by atoms with E-state index in [9.17, 15) is 13.2 Å². The van der Waals surface area contributed by atoms with Gasteiger partial charge in [-0.3, -0.25) is 9.10 Å². The molecule has 1 aromatic carbocycles. The number of carbonyl (C=O) groups is 1. The minimum absolute atomic E-state index is 0.0973. The van der Waals surface area contributed by atoms with E-state index in [0.717, 1.165) is 36.2 Å². The Kier molecular flexibility index (Phi) is 6.10. The van der Waals surface area contributed by atoms with Crippen LogP contribution in [0.5, 0.6) is 5.75 Å². The monoisotopic (exact) mass is 354 g/mol. The molecule has 6 nitrogen and oxygen atoms in total. The van der Waals surface area contributed by atoms with Crippen molar-refractivity contribution >= 4 is 21.6 Å². The van der Waals surface area contributed by atoms with E-state index in [-0.39, 0.29) is 24.6 Å². The quantitative estimate of drug-likeness (QED) is 0.815. The Morgan fingerprint density at radius 2 is 1.92 bits per heavy atom. The summed E-state index contributed by atoms with van der Waals surface area (Å²) in [6.45, 7) is 3.50. The predicted molar refractivity (Wildman–Crippen MR) is 94.8 cm³/mol. The van der Waals surface area contributed by atoms with Crippen molar-refractivity contribution in [2.45, 2.75) is 51.7 Å². The number of hydrogen-bond acceptors (Lipinski definition) is 4. The molecule has 0 saturated heterocycles. The zero-order chi connectivity index (χ0) is 17.7. The van der Waals surface area contributed by atoms with Crippen LogP contribution in [0.2, 0.25) is 0 Å². The van der Waals surface area contributed by atoms with Gasteiger partial charge < -0.3 is 10.1 Å². The molecule has 0 aromatic heterocycles. The van der Waals surface area contributed by atoms with Crippen molar-refractivity contribution in [3.05, 3.63) is 24.3 Å². The van der Waals surface area contributed by atoms with Crippen molar-refractivity contribution in [1.29, 1.82) is 0 Å². The summed E-state index contributed by atoms with van der Waals surface area (Å²) >= 11 is 0. The third kappa shape index (κ3) is 5.12. The second-order valence-corrected chi connectivity index (χ2v) is 8.36. The van der Waals surface area contributed by atoms with Crippen molar-refractivity contribution in [2.24, 2.45) is 0 Å². The highest BCUT2D eigenvalue weighted by atomic mass is 32.2. The molecule has 0 unspecified atom stereocenters. The lowest BCUT2D eigenvalue weighted by atomic mass is 10.2. The third-order valence-corrected chi connectivity index (χ3v) is 5.03. The van der Waals surface area contributed by atoms with Crippen molar-refractivity contribution in [3.63, 3.8) is 0 Å². The molecular formula is C17H26N2O4S. The van der Waals surface area contributed by atoms with Crippen LogP contribution in [0.1, 0.15) is 39.5 Å². The molecule has 1 N–H and O–H groups in total. The van der Waals surface area contributed by atoms with Crippen molar-refractivity contribution in [3.8, 4) is 5.75 Å². The number of sulfonamides is 1. The van der Waals surface area contributed by atoms with Crippen LogP contribution < -0.4 is 14.4 Å². The van der Waals surface area contributed by atoms with Crippen LogP contribution in [0.15, 0.2) is 24.3 Å². The van der Waals surface area contributed by atoms with Gasteiger partial charge in [0.25, 0.3) is 0 Å². The Bertz CT molecular complexity index is 667. The van der Waals surface area contributed by atoms with Crippen molar-refractivity contribution < 1.29 is 17.9 Å². The summed E-state index contributed by atoms with van der Waals surface area (Å²) in [5.41, 5.74) is 0.385. The Morgan fingerprint density at radius 3 is 2.50 bits per heavy atom. The van der Waals surface area contributed by atoms with Crippen LogP contribution in [-0.4, -0.2) is 39.3 Å². The van der Waals surface area contributed by atoms with Gasteiger partial charge in [0.15, 0.2) is 0 Å². The minimum atomic E-state index is -3.61. The molecule has 0 spiro atoms. The van der Waals surface area contributed by atoms with Crippen molar-refractivity contribution in [1.82, 2.24) is 5.32 Å². The number of carbonyl (C=O) groups excluding carboxylic acids is 1. The molecule has 0 heterocycles. The van der Waals surface area contributed by atoms with Crippen LogP contribution in [-0.2, 0) is 14.8 Å². The fourth-order valence-electron chi connectivity index (χ4n) is 2.87. The van der Waals surface area contributed by atoms with E-state index in [1.807, 2.05) is 13.8 Å². The first-order chi connectivity index (χ1) is 11.3. The first kappa shape index (κ1) is 18.6. The lowest BCUT2D eigenvalue weighted by Gasteiger charge is -2.25. The molecule has 7 heteroatoms. The molecule has 0 aliphatic heterocycles. The summed E-state index contributed by atoms with van der Waals surface area (Å²) in [5, 5.41) is 2.93. The van der Waals surface area contributed by atoms with E-state index in [2.05, 4.69) is 5.32 Å². The number of nitrogens with zero attached hydrogens (tertiary/aromatic N) is 1. The van der Waals surface area contributed by atoms with E-state index in [1.165, 1.54) is 0 Å². The first-order valence-electron chi connectivity index (χ1n) is 8.30. The van der Waals surface area contributed by atoms with Gasteiger partial charge in [-0.05, 0) is 38.8 Å². The van der Waals surface area contributed by atoms with Gasteiger partial charge in [0.05, 0.1) is 18.0 Å². The van der Waals surface area contributed by atoms with Gasteiger partial charge in [-0.2, -0.15) is 0 Å². The normalized spacial score (nSPS) is 15.5. The largest absolute Gasteiger partial charge is 0.489 e. The van der Waals surface area contributed by atoms with Gasteiger partial charge in [-0.1, -0.05) is 25.0 Å². The highest BCUT2D eigenvalue weighted by molar-refractivity contribution is 7.92. The number of nitrogens with one attached hydrogen (secondary N) is 1. The topological polar surface area (TPSA) is 75.7 Å². The maximum absolute atomic E-state index is 12.3. The van der Waals surface area contributed by atoms with E-state index in [1.54, 1.807) is 24.3 Å². The van der Waals surface area contributed by atoms with E-state index < -0.39 is 10.0 Å². The van der Waals surface area contributed by atoms with E-state index in [0.29, 0.717) is 11.4 Å². The number of anilines is 1. The molecule has 1 aliphatic carbocycles. The van der Waals surface area contributed by atoms with Gasteiger partial charge in [0.2, 0.25) is 15.9 Å². The summed E-state index contributed by atoms with van der Waals surface area (Å²) in [5.74, 6) is 0.165. The number of hydrogen-bond donors (Lipinski definition) is 1. The minimum Gasteiger partial charge on any atom is -0.489 e. The SMILES string of the molecule is CC(C)Oc1ccccc1N(CC(=O)NC1CCCC1)S(C)(=O)=O. The lowest BCUT2D eigenvalue weighted by Crippen LogP contribution is -2.43. The van der Waals surface area contributed by atoms with Gasteiger partial charge in [0, 0.05) is 6.04 Å². The summed E-state index contributed by atoms with van der Waals surface area (Å²) in [7, 11) is -3.61. The van der Waals surface area contributed by atoms with Gasteiger partial charge >= 0.3 is 0 Å². The molecule has 1 fully saturated rings. The van der Waals surface area contributed by atoms with Gasteiger partial charge in [-0.25, -0.2) is 8.42 Å². The summed E-state index contributed by atoms with van der Waals surface area (Å²) in [4.78, 5) is 12.3. The number of para-hydroxylation sites is 2. The molecule has 1 aliphatic rings. The standard InChI is InChI=1S/C17H26N2O4S/c1-13(2)23-16-11-7-6-10-15(16)19(24(3,21)22)12-17(20)18-14-8-4-5-9-14/h6-7,10-11,13-14H,4-5,8-9,12H2,1-3H3,(H,18,20). The van der Waals surface area contributed by atoms with E-state index >= 15 is 0 Å². The second-order valence-electron chi connectivity index (χ2n) is 6.45. The Labute approximate surface area is 144 Å². The lowest BCUT2D eigenvalue weighted by molar-refractivity contribution is -0.120. The molecular weight excluding hydrogens is 328 g/mol. The number of benzene rings is 1. The van der Waals surface area contributed by atoms with Crippen LogP contribution in [0.25, 0.3) is 0 Å². The first-order valence-corrected chi connectivity index (χ1v) is 10.1. The summed E-state index contributed by atoms with van der Waals surface area (Å²) in [6.07, 6.45) is 5.12. The second kappa shape index (κ2) is 7.88. The average Bonchev–Trinajstić information content (AvgIpc) is 2.97. The van der Waals surface area contributed by atoms with Crippen LogP contribution >= 0.6 is 0 Å². The highest BCUT2D eigenvalue weighted by Crippen LogP contribution is 2.30. The molecule has 0 bridgehead atoms. The molecule has 1 aromatic rings. The zero-order valence-electron chi connectivity index (χ0n) is 14.5. The van der Waals surface area contributed by atoms with Gasteiger partial charge in [0.1, 0.15) is 12.3 Å². The van der Waals surface area contributed by atoms with Crippen LogP contribution in [0.3, 0.4) is 0 Å². The maximum Gasteiger partial charge on any atom is 0.240 e. The number of amides is 1. The molecule has 134 valence electrons. The fourth-order valence-corrected chi connectivity index (χ4v) is 3.73. The Morgan fingerprint density at radius 1 is 1.29 bits per heavy atom. The summed E-state index contributed by atoms with van der Waals surface area (Å²) < 4.78 is 31.3. The average molecular weight is 354 g/mol. The van der Waals surface area contributed by atoms with Crippen LogP contribution in [0, 0.1) is 0 Å². The molecule has 1 amide bonds. The zero-order valence-corrected chi connectivity index (χ0v) is 15.3. The van der Waals surface area contributed by atoms with Crippen molar-refractivity contribution in [2.75, 3.05) is 17.1 Å². The number of ether oxygens (including phenoxy) is 1. The van der Waals surface area contributed by atoms with Crippen LogP contribution in [0.4, 0.5) is 5.69 Å². The predicted octanol–water partition coefficient (Wildman–Crippen LogP) is 2.30. The highest BCUT2D eigenvalue weighted by Gasteiger charge is 2.26. The van der Waals surface area contributed by atoms with E-state index in [4.69, 9.17) is 4.74 Å². The van der Waals surface area contributed by atoms with Gasteiger partial charge in [-0.15, -0.1) is 0 Å². The molecule has 2 rings (SSSR count). The molecule has 1 saturated carbocycles. The molecule has 0 atom stereocenters. The smallest absolute Gasteiger partial charge is 0.240 e. The fraction of sp³-hybridized carbons (Fsp3) is 0.588. The molecule has 24 heavy (non-hydrogen) atoms. The Balaban J connectivity index is 2.21.